The Hall–Kier alpha value is -3.39. The molecular formula is C19H17ClN4O4. The smallest absolute Gasteiger partial charge is 0.359 e. The molecule has 0 aliphatic carbocycles. The lowest BCUT2D eigenvalue weighted by Gasteiger charge is -2.14. The maximum Gasteiger partial charge on any atom is 0.359 e. The number of nitrogens with one attached hydrogen (secondary N) is 2. The molecular weight excluding hydrogens is 384 g/mol. The Balaban J connectivity index is 1.62. The molecule has 2 N–H and O–H groups in total. The first-order valence-electron chi connectivity index (χ1n) is 8.38. The minimum Gasteiger partial charge on any atom is -0.467 e. The molecule has 144 valence electrons. The van der Waals surface area contributed by atoms with Crippen molar-refractivity contribution < 1.29 is 18.7 Å². The number of hydrogen-bond acceptors (Lipinski definition) is 7. The molecule has 8 nitrogen and oxygen atoms in total. The van der Waals surface area contributed by atoms with E-state index < -0.39 is 18.0 Å². The minimum atomic E-state index is -1.04. The predicted octanol–water partition coefficient (Wildman–Crippen LogP) is 3.52. The van der Waals surface area contributed by atoms with Crippen molar-refractivity contribution in [1.82, 2.24) is 9.97 Å². The van der Waals surface area contributed by atoms with Crippen LogP contribution in [0.25, 0.3) is 0 Å². The number of hydrogen-bond donors (Lipinski definition) is 2. The molecule has 0 spiro atoms. The molecule has 3 aromatic rings. The summed E-state index contributed by atoms with van der Waals surface area (Å²) in [5, 5.41) is 5.59. The van der Waals surface area contributed by atoms with Crippen LogP contribution in [0.15, 0.2) is 59.3 Å². The third kappa shape index (κ3) is 5.08. The van der Waals surface area contributed by atoms with Gasteiger partial charge < -0.3 is 19.8 Å². The molecule has 0 unspecified atom stereocenters. The van der Waals surface area contributed by atoms with Crippen molar-refractivity contribution in [3.63, 3.8) is 0 Å². The number of ether oxygens (including phenoxy) is 1. The summed E-state index contributed by atoms with van der Waals surface area (Å²) in [6, 6.07) is 12.4. The van der Waals surface area contributed by atoms with Crippen molar-refractivity contribution in [2.45, 2.75) is 19.6 Å². The number of amides is 1. The number of anilines is 2. The zero-order chi connectivity index (χ0) is 19.9. The van der Waals surface area contributed by atoms with Gasteiger partial charge in [-0.3, -0.25) is 4.79 Å². The van der Waals surface area contributed by atoms with Crippen molar-refractivity contribution in [1.29, 1.82) is 0 Å². The molecule has 0 saturated carbocycles. The highest BCUT2D eigenvalue weighted by atomic mass is 35.5. The Morgan fingerprint density at radius 1 is 1.21 bits per heavy atom. The number of furan rings is 1. The summed E-state index contributed by atoms with van der Waals surface area (Å²) in [5.74, 6) is -0.451. The monoisotopic (exact) mass is 400 g/mol. The number of esters is 1. The molecule has 9 heteroatoms. The number of nitrogens with zero attached hydrogens (tertiary/aromatic N) is 2. The van der Waals surface area contributed by atoms with Gasteiger partial charge in [-0.25, -0.2) is 14.8 Å². The fraction of sp³-hybridized carbons (Fsp3) is 0.158. The summed E-state index contributed by atoms with van der Waals surface area (Å²) in [7, 11) is 0. The summed E-state index contributed by atoms with van der Waals surface area (Å²) in [4.78, 5) is 32.7. The normalized spacial score (nSPS) is 11.5. The van der Waals surface area contributed by atoms with Crippen LogP contribution in [0.4, 0.5) is 11.6 Å². The second-order valence-electron chi connectivity index (χ2n) is 5.73. The van der Waals surface area contributed by atoms with Gasteiger partial charge in [-0.05, 0) is 31.2 Å². The number of carbonyl (C=O) groups is 2. The highest BCUT2D eigenvalue weighted by Crippen LogP contribution is 2.17. The van der Waals surface area contributed by atoms with Gasteiger partial charge in [0, 0.05) is 5.69 Å². The van der Waals surface area contributed by atoms with Gasteiger partial charge in [0.1, 0.15) is 5.76 Å². The van der Waals surface area contributed by atoms with Gasteiger partial charge in [-0.2, -0.15) is 0 Å². The second-order valence-corrected chi connectivity index (χ2v) is 6.13. The Bertz CT molecular complexity index is 948. The number of rotatable bonds is 7. The molecule has 1 aromatic carbocycles. The van der Waals surface area contributed by atoms with Crippen LogP contribution in [0.5, 0.6) is 0 Å². The molecule has 1 atom stereocenters. The first-order chi connectivity index (χ1) is 13.5. The zero-order valence-corrected chi connectivity index (χ0v) is 15.6. The molecule has 0 saturated heterocycles. The molecule has 0 aliphatic heterocycles. The zero-order valence-electron chi connectivity index (χ0n) is 14.9. The lowest BCUT2D eigenvalue weighted by atomic mass is 10.3. The first kappa shape index (κ1) is 19.4. The highest BCUT2D eigenvalue weighted by molar-refractivity contribution is 6.33. The molecule has 2 heterocycles. The van der Waals surface area contributed by atoms with Crippen molar-refractivity contribution in [3.05, 3.63) is 71.4 Å². The second kappa shape index (κ2) is 9.01. The molecule has 0 bridgehead atoms. The Morgan fingerprint density at radius 3 is 2.71 bits per heavy atom. The topological polar surface area (TPSA) is 106 Å². The van der Waals surface area contributed by atoms with Gasteiger partial charge in [0.25, 0.3) is 5.91 Å². The van der Waals surface area contributed by atoms with Gasteiger partial charge in [0.2, 0.25) is 5.95 Å². The first-order valence-corrected chi connectivity index (χ1v) is 8.76. The average Bonchev–Trinajstić information content (AvgIpc) is 3.21. The van der Waals surface area contributed by atoms with E-state index in [4.69, 9.17) is 20.8 Å². The number of benzene rings is 1. The molecule has 1 amide bonds. The van der Waals surface area contributed by atoms with Gasteiger partial charge in [0.15, 0.2) is 11.8 Å². The largest absolute Gasteiger partial charge is 0.467 e. The Kier molecular flexibility index (Phi) is 6.23. The fourth-order valence-electron chi connectivity index (χ4n) is 2.21. The van der Waals surface area contributed by atoms with Gasteiger partial charge in [-0.1, -0.05) is 29.8 Å². The molecule has 2 aromatic heterocycles. The van der Waals surface area contributed by atoms with Crippen LogP contribution in [0, 0.1) is 0 Å². The molecule has 3 rings (SSSR count). The van der Waals surface area contributed by atoms with Crippen LogP contribution < -0.4 is 10.6 Å². The van der Waals surface area contributed by atoms with Crippen molar-refractivity contribution in [3.8, 4) is 0 Å². The average molecular weight is 401 g/mol. The maximum atomic E-state index is 12.4. The lowest BCUT2D eigenvalue weighted by molar-refractivity contribution is -0.123. The van der Waals surface area contributed by atoms with E-state index in [1.807, 2.05) is 6.07 Å². The van der Waals surface area contributed by atoms with Crippen LogP contribution in [-0.2, 0) is 16.1 Å². The third-order valence-corrected chi connectivity index (χ3v) is 3.91. The molecule has 0 aliphatic rings. The number of halogens is 1. The van der Waals surface area contributed by atoms with E-state index in [0.29, 0.717) is 18.0 Å². The van der Waals surface area contributed by atoms with Crippen molar-refractivity contribution in [2.24, 2.45) is 0 Å². The maximum absolute atomic E-state index is 12.4. The Morgan fingerprint density at radius 2 is 2.00 bits per heavy atom. The van der Waals surface area contributed by atoms with E-state index in [1.165, 1.54) is 13.1 Å². The van der Waals surface area contributed by atoms with E-state index in [9.17, 15) is 9.59 Å². The molecule has 28 heavy (non-hydrogen) atoms. The highest BCUT2D eigenvalue weighted by Gasteiger charge is 2.22. The number of para-hydroxylation sites is 1. The van der Waals surface area contributed by atoms with Gasteiger partial charge >= 0.3 is 5.97 Å². The Labute approximate surface area is 165 Å². The SMILES string of the molecule is C[C@@H](OC(=O)c1nc(NCc2ccco2)ncc1Cl)C(=O)Nc1ccccc1. The van der Waals surface area contributed by atoms with Crippen LogP contribution in [0.1, 0.15) is 23.2 Å². The van der Waals surface area contributed by atoms with E-state index >= 15 is 0 Å². The summed E-state index contributed by atoms with van der Waals surface area (Å²) in [6.45, 7) is 1.79. The number of aromatic nitrogens is 2. The van der Waals surface area contributed by atoms with Crippen molar-refractivity contribution >= 4 is 35.1 Å². The quantitative estimate of drug-likeness (QED) is 0.584. The van der Waals surface area contributed by atoms with Crippen LogP contribution in [-0.4, -0.2) is 27.9 Å². The van der Waals surface area contributed by atoms with Crippen LogP contribution in [0.3, 0.4) is 0 Å². The van der Waals surface area contributed by atoms with Gasteiger partial charge in [0.05, 0.1) is 24.0 Å². The van der Waals surface area contributed by atoms with Crippen LogP contribution >= 0.6 is 11.6 Å². The number of carbonyl (C=O) groups excluding carboxylic acids is 2. The van der Waals surface area contributed by atoms with E-state index in [1.54, 1.807) is 42.7 Å². The van der Waals surface area contributed by atoms with E-state index in [2.05, 4.69) is 20.6 Å². The van der Waals surface area contributed by atoms with E-state index in [0.717, 1.165) is 0 Å². The molecule has 0 fully saturated rings. The summed E-state index contributed by atoms with van der Waals surface area (Å²) in [6.07, 6.45) is 1.78. The summed E-state index contributed by atoms with van der Waals surface area (Å²) < 4.78 is 10.4. The predicted molar refractivity (Wildman–Crippen MR) is 103 cm³/mol. The van der Waals surface area contributed by atoms with Crippen molar-refractivity contribution in [2.75, 3.05) is 10.6 Å². The summed E-state index contributed by atoms with van der Waals surface area (Å²) >= 11 is 6.01. The van der Waals surface area contributed by atoms with Crippen LogP contribution in [0.2, 0.25) is 5.02 Å². The van der Waals surface area contributed by atoms with E-state index in [-0.39, 0.29) is 16.7 Å². The minimum absolute atomic E-state index is 0.0178. The standard InChI is InChI=1S/C19H17ClN4O4/c1-12(17(25)23-13-6-3-2-4-7-13)28-18(26)16-15(20)11-22-19(24-16)21-10-14-8-5-9-27-14/h2-9,11-12H,10H2,1H3,(H,23,25)(H,21,22,24)/t12-/m1/s1. The third-order valence-electron chi connectivity index (χ3n) is 3.63. The summed E-state index contributed by atoms with van der Waals surface area (Å²) in [5.41, 5.74) is 0.456. The molecule has 0 radical (unpaired) electrons. The fourth-order valence-corrected chi connectivity index (χ4v) is 2.38. The van der Waals surface area contributed by atoms with Gasteiger partial charge in [-0.15, -0.1) is 0 Å². The lowest BCUT2D eigenvalue weighted by Crippen LogP contribution is -2.30.